The van der Waals surface area contributed by atoms with E-state index in [-0.39, 0.29) is 10.5 Å². The molecule has 2 aromatic rings. The van der Waals surface area contributed by atoms with Crippen LogP contribution in [0.4, 0.5) is 0 Å². The highest BCUT2D eigenvalue weighted by Crippen LogP contribution is 2.40. The van der Waals surface area contributed by atoms with Gasteiger partial charge in [0.15, 0.2) is 0 Å². The molecule has 0 aliphatic heterocycles. The number of carbonyl (C=O) groups excluding carboxylic acids is 1. The van der Waals surface area contributed by atoms with Crippen LogP contribution in [0.1, 0.15) is 47.0 Å². The van der Waals surface area contributed by atoms with E-state index in [1.807, 2.05) is 0 Å². The van der Waals surface area contributed by atoms with Crippen molar-refractivity contribution in [3.05, 3.63) is 60.7 Å². The number of Topliss-reactive ketones (excluding diaryl/α,β-unsaturated/α-hetero) is 1. The van der Waals surface area contributed by atoms with E-state index in [0.29, 0.717) is 18.8 Å². The van der Waals surface area contributed by atoms with E-state index in [4.69, 9.17) is 4.43 Å². The third-order valence-corrected chi connectivity index (χ3v) is 10.8. The van der Waals surface area contributed by atoms with Crippen LogP contribution in [0.25, 0.3) is 0 Å². The highest BCUT2D eigenvalue weighted by Gasteiger charge is 2.52. The fraction of sp³-hybridized carbons (Fsp3) is 0.435. The zero-order valence-electron chi connectivity index (χ0n) is 16.4. The Balaban J connectivity index is 2.10. The summed E-state index contributed by atoms with van der Waals surface area (Å²) in [5, 5.41) is 2.49. The van der Waals surface area contributed by atoms with E-state index in [2.05, 4.69) is 88.4 Å². The van der Waals surface area contributed by atoms with Crippen LogP contribution in [0.5, 0.6) is 0 Å². The highest BCUT2D eigenvalue weighted by atomic mass is 28.4. The number of hydrogen-bond donors (Lipinski definition) is 0. The van der Waals surface area contributed by atoms with Crippen molar-refractivity contribution in [2.45, 2.75) is 52.0 Å². The van der Waals surface area contributed by atoms with Gasteiger partial charge in [-0.2, -0.15) is 0 Å². The van der Waals surface area contributed by atoms with Gasteiger partial charge in [0, 0.05) is 18.4 Å². The van der Waals surface area contributed by atoms with Gasteiger partial charge in [0.05, 0.1) is 0 Å². The Morgan fingerprint density at radius 3 is 1.85 bits per heavy atom. The minimum Gasteiger partial charge on any atom is -0.406 e. The molecule has 0 bridgehead atoms. The number of hydrogen-bond acceptors (Lipinski definition) is 2. The molecule has 2 nitrogen and oxygen atoms in total. The molecule has 1 unspecified atom stereocenters. The molecule has 0 radical (unpaired) electrons. The van der Waals surface area contributed by atoms with Gasteiger partial charge in [-0.1, -0.05) is 88.4 Å². The summed E-state index contributed by atoms with van der Waals surface area (Å²) in [5.41, 5.74) is -0.340. The summed E-state index contributed by atoms with van der Waals surface area (Å²) < 4.78 is 6.94. The lowest BCUT2D eigenvalue weighted by atomic mass is 9.89. The molecule has 138 valence electrons. The van der Waals surface area contributed by atoms with Gasteiger partial charge in [0.25, 0.3) is 8.32 Å². The second kappa shape index (κ2) is 7.13. The second-order valence-corrected chi connectivity index (χ2v) is 13.1. The first-order valence-corrected chi connectivity index (χ1v) is 11.5. The molecule has 26 heavy (non-hydrogen) atoms. The maximum atomic E-state index is 12.5. The number of benzene rings is 2. The Bertz CT molecular complexity index is 709. The van der Waals surface area contributed by atoms with Gasteiger partial charge in [0.2, 0.25) is 0 Å². The zero-order valence-corrected chi connectivity index (χ0v) is 17.4. The van der Waals surface area contributed by atoms with Crippen LogP contribution >= 0.6 is 0 Å². The summed E-state index contributed by atoms with van der Waals surface area (Å²) in [6.07, 6.45) is 2.62. The van der Waals surface area contributed by atoms with Crippen LogP contribution in [-0.4, -0.2) is 20.7 Å². The molecule has 1 saturated carbocycles. The lowest BCUT2D eigenvalue weighted by Crippen LogP contribution is -2.67. The zero-order chi connectivity index (χ0) is 18.8. The van der Waals surface area contributed by atoms with Gasteiger partial charge >= 0.3 is 0 Å². The minimum absolute atomic E-state index is 0.0479. The van der Waals surface area contributed by atoms with Crippen molar-refractivity contribution in [3.8, 4) is 0 Å². The minimum atomic E-state index is -2.55. The topological polar surface area (TPSA) is 26.3 Å². The molecule has 0 amide bonds. The van der Waals surface area contributed by atoms with E-state index in [1.165, 1.54) is 10.4 Å². The monoisotopic (exact) mass is 366 g/mol. The average Bonchev–Trinajstić information content (AvgIpc) is 2.95. The molecular formula is C23H30O2Si. The first-order chi connectivity index (χ1) is 12.3. The number of ketones is 1. The molecule has 1 aliphatic rings. The Hall–Kier alpha value is -1.71. The van der Waals surface area contributed by atoms with Crippen LogP contribution in [0.2, 0.25) is 5.04 Å². The summed E-state index contributed by atoms with van der Waals surface area (Å²) in [5.74, 6) is 0.357. The lowest BCUT2D eigenvalue weighted by molar-refractivity contribution is -0.126. The van der Waals surface area contributed by atoms with E-state index >= 15 is 0 Å². The fourth-order valence-electron chi connectivity index (χ4n) is 4.26. The van der Waals surface area contributed by atoms with Crippen molar-refractivity contribution >= 4 is 24.5 Å². The van der Waals surface area contributed by atoms with E-state index in [0.717, 1.165) is 12.8 Å². The van der Waals surface area contributed by atoms with Crippen LogP contribution < -0.4 is 10.4 Å². The quantitative estimate of drug-likeness (QED) is 0.737. The predicted octanol–water partition coefficient (Wildman–Crippen LogP) is 4.32. The highest BCUT2D eigenvalue weighted by molar-refractivity contribution is 6.99. The standard InChI is InChI=1S/C23H30O2Si/c1-22(2,3)26(19-12-7-5-8-13-19,20-14-9-6-10-15-20)25-18-23(4)17-11-16-21(23)24/h5-10,12-15H,11,16-18H2,1-4H3. The normalized spacial score (nSPS) is 21.2. The second-order valence-electron chi connectivity index (χ2n) is 8.79. The molecule has 2 aromatic carbocycles. The molecule has 0 spiro atoms. The van der Waals surface area contributed by atoms with Crippen LogP contribution in [0, 0.1) is 5.41 Å². The molecule has 3 rings (SSSR count). The fourth-order valence-corrected chi connectivity index (χ4v) is 8.95. The predicted molar refractivity (Wildman–Crippen MR) is 111 cm³/mol. The van der Waals surface area contributed by atoms with Gasteiger partial charge in [-0.3, -0.25) is 4.79 Å². The molecule has 1 atom stereocenters. The van der Waals surface area contributed by atoms with Gasteiger partial charge in [-0.15, -0.1) is 0 Å². The van der Waals surface area contributed by atoms with Crippen molar-refractivity contribution < 1.29 is 9.22 Å². The average molecular weight is 367 g/mol. The smallest absolute Gasteiger partial charge is 0.261 e. The third kappa shape index (κ3) is 3.30. The van der Waals surface area contributed by atoms with Crippen LogP contribution in [-0.2, 0) is 9.22 Å². The third-order valence-electron chi connectivity index (χ3n) is 5.83. The molecular weight excluding hydrogens is 336 g/mol. The van der Waals surface area contributed by atoms with Crippen molar-refractivity contribution in [1.82, 2.24) is 0 Å². The maximum Gasteiger partial charge on any atom is 0.261 e. The molecule has 0 saturated heterocycles. The lowest BCUT2D eigenvalue weighted by Gasteiger charge is -2.44. The molecule has 1 fully saturated rings. The maximum absolute atomic E-state index is 12.5. The molecule has 0 aromatic heterocycles. The first kappa shape index (κ1) is 19.1. The van der Waals surface area contributed by atoms with Crippen LogP contribution in [0.3, 0.4) is 0 Å². The summed E-state index contributed by atoms with van der Waals surface area (Å²) >= 11 is 0. The summed E-state index contributed by atoms with van der Waals surface area (Å²) in [7, 11) is -2.55. The molecule has 0 N–H and O–H groups in total. The van der Waals surface area contributed by atoms with E-state index in [9.17, 15) is 4.79 Å². The first-order valence-electron chi connectivity index (χ1n) is 9.58. The molecule has 3 heteroatoms. The van der Waals surface area contributed by atoms with Gasteiger partial charge in [-0.05, 0) is 28.3 Å². The SMILES string of the molecule is CC1(CO[Si](c2ccccc2)(c2ccccc2)C(C)(C)C)CCCC1=O. The van der Waals surface area contributed by atoms with Crippen LogP contribution in [0.15, 0.2) is 60.7 Å². The number of rotatable bonds is 5. The van der Waals surface area contributed by atoms with Gasteiger partial charge < -0.3 is 4.43 Å². The van der Waals surface area contributed by atoms with Crippen molar-refractivity contribution in [2.24, 2.45) is 5.41 Å². The van der Waals surface area contributed by atoms with Crippen molar-refractivity contribution in [2.75, 3.05) is 6.61 Å². The van der Waals surface area contributed by atoms with Gasteiger partial charge in [0.1, 0.15) is 5.78 Å². The van der Waals surface area contributed by atoms with Crippen molar-refractivity contribution in [3.63, 3.8) is 0 Å². The van der Waals surface area contributed by atoms with Gasteiger partial charge in [-0.25, -0.2) is 0 Å². The Morgan fingerprint density at radius 1 is 0.962 bits per heavy atom. The molecule has 0 heterocycles. The Labute approximate surface area is 158 Å². The number of carbonyl (C=O) groups is 1. The van der Waals surface area contributed by atoms with Crippen molar-refractivity contribution in [1.29, 1.82) is 0 Å². The Kier molecular flexibility index (Phi) is 5.22. The van der Waals surface area contributed by atoms with E-state index < -0.39 is 8.32 Å². The summed E-state index contributed by atoms with van der Waals surface area (Å²) in [4.78, 5) is 12.5. The van der Waals surface area contributed by atoms with E-state index in [1.54, 1.807) is 0 Å². The summed E-state index contributed by atoms with van der Waals surface area (Å²) in [6.45, 7) is 9.42. The Morgan fingerprint density at radius 2 is 1.46 bits per heavy atom. The largest absolute Gasteiger partial charge is 0.406 e. The molecule has 1 aliphatic carbocycles. The summed E-state index contributed by atoms with van der Waals surface area (Å²) in [6, 6.07) is 21.3.